The number of hydrogen-bond acceptors (Lipinski definition) is 3. The van der Waals surface area contributed by atoms with Crippen LogP contribution < -0.4 is 16.0 Å². The molecule has 1 saturated heterocycles. The minimum Gasteiger partial charge on any atom is -0.398 e. The minimum absolute atomic E-state index is 0.260. The normalized spacial score (nSPS) is 16.0. The molecule has 1 fully saturated rings. The highest BCUT2D eigenvalue weighted by Crippen LogP contribution is 2.31. The van der Waals surface area contributed by atoms with Crippen molar-refractivity contribution >= 4 is 34.9 Å². The van der Waals surface area contributed by atoms with Crippen LogP contribution in [-0.4, -0.2) is 18.5 Å². The Morgan fingerprint density at radius 3 is 2.76 bits per heavy atom. The minimum atomic E-state index is -0.466. The van der Waals surface area contributed by atoms with E-state index in [0.29, 0.717) is 22.9 Å². The number of imide groups is 1. The summed E-state index contributed by atoms with van der Waals surface area (Å²) in [4.78, 5) is 24.1. The van der Waals surface area contributed by atoms with Crippen LogP contribution in [-0.2, 0) is 4.79 Å². The Bertz CT molecular complexity index is 502. The van der Waals surface area contributed by atoms with Crippen molar-refractivity contribution in [1.82, 2.24) is 5.32 Å². The highest BCUT2D eigenvalue weighted by molar-refractivity contribution is 6.34. The molecule has 0 unspecified atom stereocenters. The number of nitrogen functional groups attached to an aromatic ring is 1. The van der Waals surface area contributed by atoms with Crippen molar-refractivity contribution in [2.75, 3.05) is 17.2 Å². The maximum Gasteiger partial charge on any atom is 0.328 e. The molecular weight excluding hydrogens is 242 g/mol. The van der Waals surface area contributed by atoms with E-state index in [1.165, 1.54) is 4.90 Å². The summed E-state index contributed by atoms with van der Waals surface area (Å²) in [5.74, 6) is -0.276. The number of hydrogen-bond donors (Lipinski definition) is 2. The Labute approximate surface area is 104 Å². The van der Waals surface area contributed by atoms with Gasteiger partial charge < -0.3 is 5.73 Å². The van der Waals surface area contributed by atoms with Gasteiger partial charge in [0.15, 0.2) is 0 Å². The fourth-order valence-corrected chi connectivity index (χ4v) is 2.00. The monoisotopic (exact) mass is 253 g/mol. The number of anilines is 2. The molecule has 0 atom stereocenters. The lowest BCUT2D eigenvalue weighted by Gasteiger charge is -2.27. The summed E-state index contributed by atoms with van der Waals surface area (Å²) >= 11 is 6.07. The van der Waals surface area contributed by atoms with Gasteiger partial charge in [0, 0.05) is 18.7 Å². The average molecular weight is 254 g/mol. The number of halogens is 1. The van der Waals surface area contributed by atoms with E-state index in [2.05, 4.69) is 5.32 Å². The second-order valence-corrected chi connectivity index (χ2v) is 4.32. The molecule has 0 radical (unpaired) electrons. The van der Waals surface area contributed by atoms with E-state index in [9.17, 15) is 9.59 Å². The molecular formula is C11H12ClN3O2. The van der Waals surface area contributed by atoms with E-state index in [4.69, 9.17) is 17.3 Å². The van der Waals surface area contributed by atoms with E-state index >= 15 is 0 Å². The quantitative estimate of drug-likeness (QED) is 0.748. The molecule has 1 aromatic rings. The lowest BCUT2D eigenvalue weighted by Crippen LogP contribution is -2.49. The Kier molecular flexibility index (Phi) is 2.93. The summed E-state index contributed by atoms with van der Waals surface area (Å²) in [7, 11) is 0. The van der Waals surface area contributed by atoms with Gasteiger partial charge in [0.05, 0.1) is 10.7 Å². The molecule has 3 amide bonds. The van der Waals surface area contributed by atoms with E-state index in [1.54, 1.807) is 12.1 Å². The van der Waals surface area contributed by atoms with Crippen molar-refractivity contribution in [2.24, 2.45) is 0 Å². The van der Waals surface area contributed by atoms with Crippen molar-refractivity contribution in [2.45, 2.75) is 13.3 Å². The highest BCUT2D eigenvalue weighted by Gasteiger charge is 2.26. The number of nitrogens with one attached hydrogen (secondary N) is 1. The Morgan fingerprint density at radius 1 is 1.41 bits per heavy atom. The van der Waals surface area contributed by atoms with E-state index < -0.39 is 6.03 Å². The lowest BCUT2D eigenvalue weighted by atomic mass is 10.1. The van der Waals surface area contributed by atoms with Crippen molar-refractivity contribution in [3.8, 4) is 0 Å². The van der Waals surface area contributed by atoms with Gasteiger partial charge >= 0.3 is 6.03 Å². The van der Waals surface area contributed by atoms with Crippen molar-refractivity contribution in [3.05, 3.63) is 22.7 Å². The zero-order chi connectivity index (χ0) is 12.6. The fraction of sp³-hybridized carbons (Fsp3) is 0.273. The summed E-state index contributed by atoms with van der Waals surface area (Å²) in [6.07, 6.45) is 0.260. The number of benzene rings is 1. The molecule has 90 valence electrons. The van der Waals surface area contributed by atoms with Crippen LogP contribution in [0.4, 0.5) is 16.2 Å². The Balaban J connectivity index is 2.37. The van der Waals surface area contributed by atoms with Crippen LogP contribution in [0.3, 0.4) is 0 Å². The van der Waals surface area contributed by atoms with Gasteiger partial charge in [0.1, 0.15) is 0 Å². The smallest absolute Gasteiger partial charge is 0.328 e. The topological polar surface area (TPSA) is 75.4 Å². The number of carbonyl (C=O) groups excluding carboxylic acids is 2. The molecule has 2 rings (SSSR count). The van der Waals surface area contributed by atoms with Crippen LogP contribution in [0, 0.1) is 6.92 Å². The number of rotatable bonds is 1. The van der Waals surface area contributed by atoms with Gasteiger partial charge in [0.2, 0.25) is 5.91 Å². The largest absolute Gasteiger partial charge is 0.398 e. The number of carbonyl (C=O) groups is 2. The van der Waals surface area contributed by atoms with Crippen LogP contribution in [0.1, 0.15) is 12.0 Å². The number of urea groups is 1. The predicted octanol–water partition coefficient (Wildman–Crippen LogP) is 1.68. The fourth-order valence-electron chi connectivity index (χ4n) is 1.68. The standard InChI is InChI=1S/C11H12ClN3O2/c1-6-4-7(12)9(5-8(6)13)15-3-2-10(16)14-11(15)17/h4-5H,2-3,13H2,1H3,(H,14,16,17). The number of amides is 3. The molecule has 0 aliphatic carbocycles. The Hall–Kier alpha value is -1.75. The molecule has 5 nitrogen and oxygen atoms in total. The number of nitrogens with two attached hydrogens (primary N) is 1. The van der Waals surface area contributed by atoms with Crippen molar-refractivity contribution < 1.29 is 9.59 Å². The second kappa shape index (κ2) is 4.25. The molecule has 1 aromatic carbocycles. The van der Waals surface area contributed by atoms with Gasteiger partial charge in [-0.25, -0.2) is 4.79 Å². The maximum atomic E-state index is 11.6. The van der Waals surface area contributed by atoms with Crippen LogP contribution in [0.5, 0.6) is 0 Å². The molecule has 1 aliphatic rings. The van der Waals surface area contributed by atoms with E-state index in [1.807, 2.05) is 6.92 Å². The van der Waals surface area contributed by atoms with Crippen molar-refractivity contribution in [3.63, 3.8) is 0 Å². The van der Waals surface area contributed by atoms with Crippen LogP contribution in [0.2, 0.25) is 5.02 Å². The first-order chi connectivity index (χ1) is 7.99. The zero-order valence-electron chi connectivity index (χ0n) is 9.29. The zero-order valence-corrected chi connectivity index (χ0v) is 10.0. The number of nitrogens with zero attached hydrogens (tertiary/aromatic N) is 1. The SMILES string of the molecule is Cc1cc(Cl)c(N2CCC(=O)NC2=O)cc1N. The first-order valence-electron chi connectivity index (χ1n) is 5.16. The van der Waals surface area contributed by atoms with Gasteiger partial charge in [-0.15, -0.1) is 0 Å². The third-order valence-corrected chi connectivity index (χ3v) is 2.98. The first-order valence-corrected chi connectivity index (χ1v) is 5.54. The summed E-state index contributed by atoms with van der Waals surface area (Å²) in [6, 6.07) is 2.88. The molecule has 0 spiro atoms. The van der Waals surface area contributed by atoms with E-state index in [0.717, 1.165) is 5.56 Å². The van der Waals surface area contributed by atoms with Gasteiger partial charge in [-0.1, -0.05) is 11.6 Å². The predicted molar refractivity (Wildman–Crippen MR) is 66.1 cm³/mol. The molecule has 6 heteroatoms. The molecule has 3 N–H and O–H groups in total. The Morgan fingerprint density at radius 2 is 2.12 bits per heavy atom. The number of aryl methyl sites for hydroxylation is 1. The van der Waals surface area contributed by atoms with Crippen molar-refractivity contribution in [1.29, 1.82) is 0 Å². The highest BCUT2D eigenvalue weighted by atomic mass is 35.5. The molecule has 1 aliphatic heterocycles. The third-order valence-electron chi connectivity index (χ3n) is 2.68. The van der Waals surface area contributed by atoms with Gasteiger partial charge in [-0.05, 0) is 24.6 Å². The van der Waals surface area contributed by atoms with Crippen LogP contribution in [0.25, 0.3) is 0 Å². The van der Waals surface area contributed by atoms with Gasteiger partial charge in [-0.3, -0.25) is 15.0 Å². The molecule has 0 aromatic heterocycles. The molecule has 17 heavy (non-hydrogen) atoms. The summed E-state index contributed by atoms with van der Waals surface area (Å²) in [5, 5.41) is 2.68. The first kappa shape index (κ1) is 11.7. The molecule has 0 bridgehead atoms. The van der Waals surface area contributed by atoms with Crippen LogP contribution in [0.15, 0.2) is 12.1 Å². The summed E-state index contributed by atoms with van der Waals surface area (Å²) in [5.41, 5.74) is 7.73. The molecule has 0 saturated carbocycles. The van der Waals surface area contributed by atoms with E-state index in [-0.39, 0.29) is 12.3 Å². The van der Waals surface area contributed by atoms with Crippen LogP contribution >= 0.6 is 11.6 Å². The third kappa shape index (κ3) is 2.19. The van der Waals surface area contributed by atoms with Gasteiger partial charge in [0.25, 0.3) is 0 Å². The molecule has 1 heterocycles. The summed E-state index contributed by atoms with van der Waals surface area (Å²) < 4.78 is 0. The average Bonchev–Trinajstić information content (AvgIpc) is 2.24. The lowest BCUT2D eigenvalue weighted by molar-refractivity contribution is -0.120. The van der Waals surface area contributed by atoms with Gasteiger partial charge in [-0.2, -0.15) is 0 Å². The summed E-state index contributed by atoms with van der Waals surface area (Å²) in [6.45, 7) is 2.15. The second-order valence-electron chi connectivity index (χ2n) is 3.92. The maximum absolute atomic E-state index is 11.6.